The molecule has 1 amide bonds. The van der Waals surface area contributed by atoms with Crippen molar-refractivity contribution >= 4 is 28.0 Å². The second kappa shape index (κ2) is 7.72. The van der Waals surface area contributed by atoms with Crippen molar-refractivity contribution in [2.75, 3.05) is 26.2 Å². The molecule has 1 saturated heterocycles. The number of para-hydroxylation sites is 1. The van der Waals surface area contributed by atoms with Gasteiger partial charge in [0, 0.05) is 44.3 Å². The highest BCUT2D eigenvalue weighted by atomic mass is 16.3. The Kier molecular flexibility index (Phi) is 4.76. The highest BCUT2D eigenvalue weighted by Crippen LogP contribution is 2.24. The molecule has 8 nitrogen and oxygen atoms in total. The van der Waals surface area contributed by atoms with E-state index in [1.807, 2.05) is 36.4 Å². The van der Waals surface area contributed by atoms with Gasteiger partial charge in [0.05, 0.1) is 12.0 Å². The van der Waals surface area contributed by atoms with Gasteiger partial charge in [-0.15, -0.1) is 0 Å². The summed E-state index contributed by atoms with van der Waals surface area (Å²) in [5.74, 6) is -0.0909. The third-order valence-electron chi connectivity index (χ3n) is 5.49. The molecule has 30 heavy (non-hydrogen) atoms. The number of furan rings is 1. The minimum atomic E-state index is -0.335. The first-order valence-electron chi connectivity index (χ1n) is 9.96. The van der Waals surface area contributed by atoms with Crippen LogP contribution in [0.3, 0.4) is 0 Å². The van der Waals surface area contributed by atoms with E-state index in [1.54, 1.807) is 17.2 Å². The first-order valence-corrected chi connectivity index (χ1v) is 9.96. The SMILES string of the molecule is O=C(Cn1cnc2c(oc3ccccc32)c1=O)N1CCN(Cc2ccccn2)CC1. The summed E-state index contributed by atoms with van der Waals surface area (Å²) in [5.41, 5.74) is 2.02. The lowest BCUT2D eigenvalue weighted by Crippen LogP contribution is -2.49. The third-order valence-corrected chi connectivity index (χ3v) is 5.49. The van der Waals surface area contributed by atoms with Gasteiger partial charge >= 0.3 is 0 Å². The first-order chi connectivity index (χ1) is 14.7. The van der Waals surface area contributed by atoms with E-state index >= 15 is 0 Å². The van der Waals surface area contributed by atoms with Gasteiger partial charge in [-0.25, -0.2) is 4.98 Å². The molecule has 5 rings (SSSR count). The van der Waals surface area contributed by atoms with E-state index in [4.69, 9.17) is 4.42 Å². The lowest BCUT2D eigenvalue weighted by molar-refractivity contribution is -0.133. The highest BCUT2D eigenvalue weighted by Gasteiger charge is 2.22. The predicted octanol–water partition coefficient (Wildman–Crippen LogP) is 1.88. The fourth-order valence-electron chi connectivity index (χ4n) is 3.85. The number of hydrogen-bond acceptors (Lipinski definition) is 6. The summed E-state index contributed by atoms with van der Waals surface area (Å²) in [6.45, 7) is 3.53. The Labute approximate surface area is 172 Å². The van der Waals surface area contributed by atoms with Crippen LogP contribution < -0.4 is 5.56 Å². The zero-order valence-corrected chi connectivity index (χ0v) is 16.4. The molecule has 0 radical (unpaired) electrons. The van der Waals surface area contributed by atoms with E-state index in [2.05, 4.69) is 14.9 Å². The lowest BCUT2D eigenvalue weighted by Gasteiger charge is -2.34. The molecule has 1 aliphatic rings. The molecule has 0 N–H and O–H groups in total. The van der Waals surface area contributed by atoms with E-state index < -0.39 is 0 Å². The largest absolute Gasteiger partial charge is 0.448 e. The summed E-state index contributed by atoms with van der Waals surface area (Å²) in [6.07, 6.45) is 3.22. The van der Waals surface area contributed by atoms with Crippen LogP contribution in [0.1, 0.15) is 5.69 Å². The zero-order valence-electron chi connectivity index (χ0n) is 16.4. The predicted molar refractivity (Wildman–Crippen MR) is 112 cm³/mol. The van der Waals surface area contributed by atoms with Crippen LogP contribution in [0, 0.1) is 0 Å². The number of carbonyl (C=O) groups excluding carboxylic acids is 1. The smallest absolute Gasteiger partial charge is 0.297 e. The number of piperazine rings is 1. The van der Waals surface area contributed by atoms with Crippen LogP contribution in [0.2, 0.25) is 0 Å². The molecule has 3 aromatic heterocycles. The average Bonchev–Trinajstić information content (AvgIpc) is 3.16. The molecular formula is C22H21N5O3. The fourth-order valence-corrected chi connectivity index (χ4v) is 3.85. The van der Waals surface area contributed by atoms with Gasteiger partial charge in [0.1, 0.15) is 17.6 Å². The summed E-state index contributed by atoms with van der Waals surface area (Å²) < 4.78 is 7.01. The van der Waals surface area contributed by atoms with Gasteiger partial charge in [-0.05, 0) is 24.3 Å². The average molecular weight is 403 g/mol. The van der Waals surface area contributed by atoms with Gasteiger partial charge in [-0.2, -0.15) is 0 Å². The molecule has 152 valence electrons. The van der Waals surface area contributed by atoms with E-state index in [0.29, 0.717) is 24.2 Å². The molecule has 0 spiro atoms. The topological polar surface area (TPSA) is 84.5 Å². The monoisotopic (exact) mass is 403 g/mol. The second-order valence-electron chi connectivity index (χ2n) is 7.43. The molecule has 0 atom stereocenters. The second-order valence-corrected chi connectivity index (χ2v) is 7.43. The summed E-state index contributed by atoms with van der Waals surface area (Å²) in [5, 5.41) is 0.798. The highest BCUT2D eigenvalue weighted by molar-refractivity contribution is 6.01. The molecule has 0 saturated carbocycles. The first kappa shape index (κ1) is 18.5. The van der Waals surface area contributed by atoms with Gasteiger partial charge in [-0.1, -0.05) is 18.2 Å². The van der Waals surface area contributed by atoms with E-state index in [-0.39, 0.29) is 23.6 Å². The number of benzene rings is 1. The van der Waals surface area contributed by atoms with Crippen molar-refractivity contribution in [2.45, 2.75) is 13.1 Å². The quantitative estimate of drug-likeness (QED) is 0.517. The molecule has 1 fully saturated rings. The standard InChI is InChI=1S/C22H21N5O3/c28-19(26-11-9-25(10-12-26)13-16-5-3-4-8-23-16)14-27-15-24-20-17-6-1-2-7-18(17)30-21(20)22(27)29/h1-8,15H,9-14H2. The molecule has 0 unspecified atom stereocenters. The number of carbonyl (C=O) groups is 1. The van der Waals surface area contributed by atoms with Gasteiger partial charge in [0.15, 0.2) is 0 Å². The van der Waals surface area contributed by atoms with E-state index in [0.717, 1.165) is 30.7 Å². The van der Waals surface area contributed by atoms with Gasteiger partial charge in [0.25, 0.3) is 5.56 Å². The van der Waals surface area contributed by atoms with Gasteiger partial charge < -0.3 is 9.32 Å². The van der Waals surface area contributed by atoms with E-state index in [9.17, 15) is 9.59 Å². The summed E-state index contributed by atoms with van der Waals surface area (Å²) in [4.78, 5) is 38.4. The van der Waals surface area contributed by atoms with Crippen molar-refractivity contribution in [2.24, 2.45) is 0 Å². The third kappa shape index (κ3) is 3.46. The fraction of sp³-hybridized carbons (Fsp3) is 0.273. The summed E-state index contributed by atoms with van der Waals surface area (Å²) in [6, 6.07) is 13.3. The van der Waals surface area contributed by atoms with Crippen molar-refractivity contribution in [1.29, 1.82) is 0 Å². The maximum Gasteiger partial charge on any atom is 0.297 e. The van der Waals surface area contributed by atoms with Crippen LogP contribution in [0.4, 0.5) is 0 Å². The Balaban J connectivity index is 1.27. The maximum atomic E-state index is 12.8. The Morgan fingerprint density at radius 1 is 1.00 bits per heavy atom. The number of rotatable bonds is 4. The summed E-state index contributed by atoms with van der Waals surface area (Å²) >= 11 is 0. The number of pyridine rings is 1. The molecule has 4 aromatic rings. The molecule has 8 heteroatoms. The number of fused-ring (bicyclic) bond motifs is 3. The number of hydrogen-bond donors (Lipinski definition) is 0. The Hall–Kier alpha value is -3.52. The molecule has 1 aromatic carbocycles. The Bertz CT molecular complexity index is 1260. The van der Waals surface area contributed by atoms with Crippen molar-refractivity contribution in [3.63, 3.8) is 0 Å². The van der Waals surface area contributed by atoms with Crippen LogP contribution in [0.25, 0.3) is 22.1 Å². The molecule has 0 bridgehead atoms. The van der Waals surface area contributed by atoms with Crippen LogP contribution in [0.15, 0.2) is 64.2 Å². The van der Waals surface area contributed by atoms with E-state index in [1.165, 1.54) is 10.9 Å². The molecular weight excluding hydrogens is 382 g/mol. The van der Waals surface area contributed by atoms with Crippen LogP contribution >= 0.6 is 0 Å². The summed E-state index contributed by atoms with van der Waals surface area (Å²) in [7, 11) is 0. The van der Waals surface area contributed by atoms with Crippen molar-refractivity contribution < 1.29 is 9.21 Å². The molecule has 4 heterocycles. The number of amides is 1. The lowest BCUT2D eigenvalue weighted by atomic mass is 10.2. The van der Waals surface area contributed by atoms with Crippen LogP contribution in [-0.2, 0) is 17.9 Å². The zero-order chi connectivity index (χ0) is 20.5. The Morgan fingerprint density at radius 2 is 1.80 bits per heavy atom. The molecule has 0 aliphatic carbocycles. The maximum absolute atomic E-state index is 12.8. The molecule has 1 aliphatic heterocycles. The van der Waals surface area contributed by atoms with Crippen molar-refractivity contribution in [1.82, 2.24) is 24.3 Å². The van der Waals surface area contributed by atoms with Crippen molar-refractivity contribution in [3.05, 3.63) is 71.0 Å². The number of aromatic nitrogens is 3. The normalized spacial score (nSPS) is 15.1. The van der Waals surface area contributed by atoms with Crippen LogP contribution in [0.5, 0.6) is 0 Å². The minimum Gasteiger partial charge on any atom is -0.448 e. The Morgan fingerprint density at radius 3 is 2.60 bits per heavy atom. The number of nitrogens with zero attached hydrogens (tertiary/aromatic N) is 5. The van der Waals surface area contributed by atoms with Gasteiger partial charge in [0.2, 0.25) is 11.5 Å². The van der Waals surface area contributed by atoms with Crippen molar-refractivity contribution in [3.8, 4) is 0 Å². The van der Waals surface area contributed by atoms with Gasteiger partial charge in [-0.3, -0.25) is 24.0 Å². The minimum absolute atomic E-state index is 0.0426. The van der Waals surface area contributed by atoms with Crippen LogP contribution in [-0.4, -0.2) is 56.4 Å².